The molecule has 2 fully saturated rings. The zero-order chi connectivity index (χ0) is 12.5. The fraction of sp³-hybridized carbons (Fsp3) is 1.00. The van der Waals surface area contributed by atoms with Crippen LogP contribution in [0.2, 0.25) is 0 Å². The fourth-order valence-electron chi connectivity index (χ4n) is 1.97. The van der Waals surface area contributed by atoms with E-state index in [2.05, 4.69) is 5.32 Å². The predicted molar refractivity (Wildman–Crippen MR) is 56.1 cm³/mol. The molecule has 0 aromatic carbocycles. The number of morpholine rings is 1. The van der Waals surface area contributed by atoms with Crippen LogP contribution < -0.4 is 5.32 Å². The van der Waals surface area contributed by atoms with Crippen LogP contribution in [-0.2, 0) is 14.2 Å². The summed E-state index contributed by atoms with van der Waals surface area (Å²) in [4.78, 5) is 0. The second-order valence-electron chi connectivity index (χ2n) is 4.42. The second-order valence-corrected chi connectivity index (χ2v) is 4.42. The summed E-state index contributed by atoms with van der Waals surface area (Å²) in [7, 11) is 0. The Hall–Kier alpha value is -0.280. The van der Waals surface area contributed by atoms with Crippen LogP contribution in [0.1, 0.15) is 6.92 Å². The van der Waals surface area contributed by atoms with Crippen molar-refractivity contribution in [2.24, 2.45) is 0 Å². The number of ether oxygens (including phenoxy) is 3. The maximum Gasteiger partial charge on any atom is 0.219 e. The number of hydrogen-bond acceptors (Lipinski definition) is 7. The molecule has 7 heteroatoms. The minimum absolute atomic E-state index is 0.248. The van der Waals surface area contributed by atoms with E-state index in [-0.39, 0.29) is 6.61 Å². The Balaban J connectivity index is 1.85. The summed E-state index contributed by atoms with van der Waals surface area (Å²) in [6, 6.07) is 0. The molecule has 2 saturated heterocycles. The minimum Gasteiger partial charge on any atom is -0.387 e. The molecular formula is C10H19NO6. The molecular weight excluding hydrogens is 230 g/mol. The van der Waals surface area contributed by atoms with Gasteiger partial charge in [-0.05, 0) is 6.92 Å². The summed E-state index contributed by atoms with van der Waals surface area (Å²) < 4.78 is 15.7. The highest BCUT2D eigenvalue weighted by atomic mass is 16.7. The fourth-order valence-corrected chi connectivity index (χ4v) is 1.97. The number of aliphatic hydroxyl groups excluding tert-OH is 2. The van der Waals surface area contributed by atoms with E-state index in [0.29, 0.717) is 13.2 Å². The quantitative estimate of drug-likeness (QED) is 0.449. The molecule has 4 N–H and O–H groups in total. The van der Waals surface area contributed by atoms with E-state index in [4.69, 9.17) is 14.2 Å². The van der Waals surface area contributed by atoms with E-state index in [9.17, 15) is 15.3 Å². The lowest BCUT2D eigenvalue weighted by molar-refractivity contribution is -0.278. The van der Waals surface area contributed by atoms with Crippen LogP contribution in [0.5, 0.6) is 0 Å². The molecule has 100 valence electrons. The Morgan fingerprint density at radius 2 is 2.24 bits per heavy atom. The molecule has 0 aromatic heterocycles. The molecule has 0 spiro atoms. The van der Waals surface area contributed by atoms with Gasteiger partial charge in [0.2, 0.25) is 5.79 Å². The largest absolute Gasteiger partial charge is 0.387 e. The molecule has 0 amide bonds. The van der Waals surface area contributed by atoms with Gasteiger partial charge in [0.25, 0.3) is 0 Å². The zero-order valence-electron chi connectivity index (χ0n) is 9.70. The van der Waals surface area contributed by atoms with Crippen molar-refractivity contribution in [2.45, 2.75) is 37.3 Å². The molecule has 0 saturated carbocycles. The van der Waals surface area contributed by atoms with E-state index in [1.807, 2.05) is 0 Å². The topological polar surface area (TPSA) is 100 Å². The highest BCUT2D eigenvalue weighted by Gasteiger charge is 2.52. The van der Waals surface area contributed by atoms with Gasteiger partial charge in [0.05, 0.1) is 12.7 Å². The number of rotatable bonds is 3. The van der Waals surface area contributed by atoms with Gasteiger partial charge in [-0.1, -0.05) is 0 Å². The third kappa shape index (κ3) is 2.76. The van der Waals surface area contributed by atoms with Crippen molar-refractivity contribution in [3.63, 3.8) is 0 Å². The van der Waals surface area contributed by atoms with Crippen LogP contribution in [0.4, 0.5) is 0 Å². The van der Waals surface area contributed by atoms with Crippen molar-refractivity contribution < 1.29 is 29.5 Å². The highest BCUT2D eigenvalue weighted by molar-refractivity contribution is 4.93. The summed E-state index contributed by atoms with van der Waals surface area (Å²) >= 11 is 0. The third-order valence-electron chi connectivity index (χ3n) is 3.03. The maximum absolute atomic E-state index is 10.00. The highest BCUT2D eigenvalue weighted by Crippen LogP contribution is 2.29. The van der Waals surface area contributed by atoms with E-state index in [0.717, 1.165) is 6.54 Å². The van der Waals surface area contributed by atoms with Crippen LogP contribution in [0, 0.1) is 0 Å². The standard InChI is InChI=1S/C10H19NO6/c1-6-8(12)9(13)10(14,17-6)5-16-7-4-11-2-3-15-7/h6-9,11-14H,2-5H2,1H3/t6-,7?,8+,9-,10+/m0/s1. The van der Waals surface area contributed by atoms with Crippen molar-refractivity contribution in [1.29, 1.82) is 0 Å². The van der Waals surface area contributed by atoms with E-state index >= 15 is 0 Å². The molecule has 2 aliphatic heterocycles. The lowest BCUT2D eigenvalue weighted by Gasteiger charge is -2.30. The lowest BCUT2D eigenvalue weighted by Crippen LogP contribution is -2.49. The van der Waals surface area contributed by atoms with Crippen LogP contribution in [0.3, 0.4) is 0 Å². The average molecular weight is 249 g/mol. The van der Waals surface area contributed by atoms with Gasteiger partial charge < -0.3 is 34.8 Å². The molecule has 2 rings (SSSR count). The van der Waals surface area contributed by atoms with Gasteiger partial charge in [0.15, 0.2) is 6.29 Å². The van der Waals surface area contributed by atoms with Gasteiger partial charge in [-0.2, -0.15) is 0 Å². The van der Waals surface area contributed by atoms with E-state index in [1.165, 1.54) is 0 Å². The Morgan fingerprint density at radius 3 is 2.76 bits per heavy atom. The van der Waals surface area contributed by atoms with Crippen molar-refractivity contribution in [2.75, 3.05) is 26.3 Å². The number of hydrogen-bond donors (Lipinski definition) is 4. The Kier molecular flexibility index (Phi) is 3.99. The summed E-state index contributed by atoms with van der Waals surface area (Å²) in [5.74, 6) is -1.88. The second kappa shape index (κ2) is 5.15. The van der Waals surface area contributed by atoms with E-state index in [1.54, 1.807) is 6.92 Å². The van der Waals surface area contributed by atoms with Crippen LogP contribution in [-0.4, -0.2) is 72.0 Å². The lowest BCUT2D eigenvalue weighted by atomic mass is 10.1. The van der Waals surface area contributed by atoms with Crippen molar-refractivity contribution in [3.8, 4) is 0 Å². The summed E-state index contributed by atoms with van der Waals surface area (Å²) in [5, 5.41) is 32.2. The van der Waals surface area contributed by atoms with Crippen molar-refractivity contribution in [3.05, 3.63) is 0 Å². The molecule has 0 aromatic rings. The Bertz CT molecular complexity index is 259. The van der Waals surface area contributed by atoms with Gasteiger partial charge in [-0.25, -0.2) is 0 Å². The van der Waals surface area contributed by atoms with Crippen LogP contribution in [0.15, 0.2) is 0 Å². The maximum atomic E-state index is 10.00. The van der Waals surface area contributed by atoms with Gasteiger partial charge >= 0.3 is 0 Å². The SMILES string of the molecule is C[C@@H]1O[C@](O)(COC2CNCCO2)[C@@H](O)[C@@H]1O. The minimum atomic E-state index is -1.88. The van der Waals surface area contributed by atoms with Gasteiger partial charge in [0, 0.05) is 13.1 Å². The Labute approximate surface area is 99.3 Å². The zero-order valence-corrected chi connectivity index (χ0v) is 9.70. The van der Waals surface area contributed by atoms with Gasteiger partial charge in [-0.3, -0.25) is 0 Å². The molecule has 17 heavy (non-hydrogen) atoms. The molecule has 1 unspecified atom stereocenters. The third-order valence-corrected chi connectivity index (χ3v) is 3.03. The smallest absolute Gasteiger partial charge is 0.219 e. The molecule has 0 aliphatic carbocycles. The molecule has 2 heterocycles. The molecule has 2 aliphatic rings. The van der Waals surface area contributed by atoms with Crippen molar-refractivity contribution in [1.82, 2.24) is 5.32 Å². The first-order valence-electron chi connectivity index (χ1n) is 5.73. The Morgan fingerprint density at radius 1 is 1.47 bits per heavy atom. The number of aliphatic hydroxyl groups is 3. The first-order chi connectivity index (χ1) is 8.03. The molecule has 0 radical (unpaired) electrons. The number of nitrogens with one attached hydrogen (secondary N) is 1. The monoisotopic (exact) mass is 249 g/mol. The van der Waals surface area contributed by atoms with Gasteiger partial charge in [0.1, 0.15) is 18.8 Å². The molecule has 5 atom stereocenters. The van der Waals surface area contributed by atoms with Gasteiger partial charge in [-0.15, -0.1) is 0 Å². The first-order valence-corrected chi connectivity index (χ1v) is 5.73. The summed E-state index contributed by atoms with van der Waals surface area (Å²) in [6.07, 6.45) is -3.61. The predicted octanol–water partition coefficient (Wildman–Crippen LogP) is -2.22. The van der Waals surface area contributed by atoms with Crippen LogP contribution >= 0.6 is 0 Å². The molecule has 7 nitrogen and oxygen atoms in total. The van der Waals surface area contributed by atoms with E-state index < -0.39 is 30.4 Å². The summed E-state index contributed by atoms with van der Waals surface area (Å²) in [6.45, 7) is 3.14. The molecule has 0 bridgehead atoms. The summed E-state index contributed by atoms with van der Waals surface area (Å²) in [5.41, 5.74) is 0. The first kappa shape index (κ1) is 13.2. The normalized spacial score (nSPS) is 47.3. The van der Waals surface area contributed by atoms with Crippen LogP contribution in [0.25, 0.3) is 0 Å². The average Bonchev–Trinajstić information content (AvgIpc) is 2.53. The van der Waals surface area contributed by atoms with Crippen molar-refractivity contribution >= 4 is 0 Å².